The number of nitrogens with zero attached hydrogens (tertiary/aromatic N) is 1. The summed E-state index contributed by atoms with van der Waals surface area (Å²) in [4.78, 5) is 4.00. The van der Waals surface area contributed by atoms with Crippen molar-refractivity contribution in [1.29, 1.82) is 0 Å². The Morgan fingerprint density at radius 2 is 2.35 bits per heavy atom. The second-order valence-corrected chi connectivity index (χ2v) is 6.65. The van der Waals surface area contributed by atoms with Crippen LogP contribution in [0.1, 0.15) is 24.6 Å². The van der Waals surface area contributed by atoms with Crippen LogP contribution in [0.2, 0.25) is 4.34 Å². The maximum absolute atomic E-state index is 5.95. The van der Waals surface area contributed by atoms with E-state index < -0.39 is 0 Å². The van der Waals surface area contributed by atoms with Crippen LogP contribution in [0, 0.1) is 0 Å². The highest BCUT2D eigenvalue weighted by atomic mass is 35.5. The van der Waals surface area contributed by atoms with Crippen molar-refractivity contribution >= 4 is 22.9 Å². The molecule has 17 heavy (non-hydrogen) atoms. The van der Waals surface area contributed by atoms with E-state index in [0.29, 0.717) is 12.1 Å². The number of thiophene rings is 1. The first-order valence-electron chi connectivity index (χ1n) is 6.34. The normalized spacial score (nSPS) is 26.3. The van der Waals surface area contributed by atoms with Gasteiger partial charge in [0.1, 0.15) is 0 Å². The average molecular weight is 273 g/mol. The van der Waals surface area contributed by atoms with Gasteiger partial charge in [-0.25, -0.2) is 0 Å². The quantitative estimate of drug-likeness (QED) is 0.906. The molecule has 1 aliphatic heterocycles. The van der Waals surface area contributed by atoms with E-state index in [0.717, 1.165) is 17.3 Å². The van der Waals surface area contributed by atoms with E-state index in [4.69, 9.17) is 11.6 Å². The molecule has 0 saturated carbocycles. The Hall–Kier alpha value is -0.0900. The molecule has 0 spiro atoms. The molecule has 2 nitrogen and oxygen atoms in total. The number of rotatable bonds is 4. The van der Waals surface area contributed by atoms with Crippen molar-refractivity contribution in [3.63, 3.8) is 0 Å². The Kier molecular flexibility index (Phi) is 4.86. The van der Waals surface area contributed by atoms with E-state index in [2.05, 4.69) is 30.3 Å². The van der Waals surface area contributed by atoms with Crippen molar-refractivity contribution in [3.05, 3.63) is 21.3 Å². The summed E-state index contributed by atoms with van der Waals surface area (Å²) in [6.07, 6.45) is 3.67. The highest BCUT2D eigenvalue weighted by molar-refractivity contribution is 7.16. The fourth-order valence-corrected chi connectivity index (χ4v) is 3.63. The van der Waals surface area contributed by atoms with E-state index in [-0.39, 0.29) is 0 Å². The van der Waals surface area contributed by atoms with Crippen molar-refractivity contribution in [2.75, 3.05) is 20.1 Å². The lowest BCUT2D eigenvalue weighted by Crippen LogP contribution is -2.47. The number of piperidine rings is 1. The van der Waals surface area contributed by atoms with Crippen molar-refractivity contribution in [1.82, 2.24) is 10.2 Å². The second-order valence-electron chi connectivity index (χ2n) is 4.85. The van der Waals surface area contributed by atoms with Crippen LogP contribution in [0.3, 0.4) is 0 Å². The number of halogens is 1. The monoisotopic (exact) mass is 272 g/mol. The summed E-state index contributed by atoms with van der Waals surface area (Å²) >= 11 is 7.65. The summed E-state index contributed by atoms with van der Waals surface area (Å²) < 4.78 is 0.905. The number of hydrogen-bond donors (Lipinski definition) is 1. The second kappa shape index (κ2) is 6.19. The van der Waals surface area contributed by atoms with Gasteiger partial charge in [-0.2, -0.15) is 0 Å². The van der Waals surface area contributed by atoms with E-state index in [9.17, 15) is 0 Å². The van der Waals surface area contributed by atoms with E-state index in [1.165, 1.54) is 24.3 Å². The summed E-state index contributed by atoms with van der Waals surface area (Å²) in [5.41, 5.74) is 0. The summed E-state index contributed by atoms with van der Waals surface area (Å²) in [7, 11) is 2.07. The topological polar surface area (TPSA) is 15.3 Å². The molecule has 2 unspecified atom stereocenters. The lowest BCUT2D eigenvalue weighted by Gasteiger charge is -2.37. The Morgan fingerprint density at radius 3 is 2.94 bits per heavy atom. The predicted octanol–water partition coefficient (Wildman–Crippen LogP) is 3.02. The van der Waals surface area contributed by atoms with Gasteiger partial charge < -0.3 is 10.2 Å². The van der Waals surface area contributed by atoms with Crippen LogP contribution >= 0.6 is 22.9 Å². The van der Waals surface area contributed by atoms with Crippen LogP contribution in [-0.4, -0.2) is 37.1 Å². The lowest BCUT2D eigenvalue weighted by molar-refractivity contribution is 0.141. The highest BCUT2D eigenvalue weighted by Crippen LogP contribution is 2.23. The van der Waals surface area contributed by atoms with Gasteiger partial charge in [0.05, 0.1) is 4.34 Å². The third-order valence-electron chi connectivity index (χ3n) is 3.70. The molecule has 1 fully saturated rings. The van der Waals surface area contributed by atoms with Gasteiger partial charge in [-0.15, -0.1) is 11.3 Å². The van der Waals surface area contributed by atoms with E-state index >= 15 is 0 Å². The summed E-state index contributed by atoms with van der Waals surface area (Å²) in [5, 5.41) is 3.39. The molecule has 0 aliphatic carbocycles. The molecule has 1 saturated heterocycles. The molecule has 0 amide bonds. The van der Waals surface area contributed by atoms with E-state index in [1.807, 2.05) is 6.07 Å². The van der Waals surface area contributed by atoms with Crippen molar-refractivity contribution < 1.29 is 0 Å². The molecule has 2 atom stereocenters. The maximum atomic E-state index is 5.95. The first kappa shape index (κ1) is 13.3. The smallest absolute Gasteiger partial charge is 0.0931 e. The highest BCUT2D eigenvalue weighted by Gasteiger charge is 2.23. The van der Waals surface area contributed by atoms with Gasteiger partial charge in [-0.1, -0.05) is 11.6 Å². The molecule has 1 N–H and O–H groups in total. The maximum Gasteiger partial charge on any atom is 0.0931 e. The Bertz CT molecular complexity index is 353. The number of likely N-dealkylation sites (tertiary alicyclic amines) is 1. The third kappa shape index (κ3) is 3.68. The zero-order valence-corrected chi connectivity index (χ0v) is 12.2. The standard InChI is InChI=1S/C13H21ClN2S/c1-10-9-11(15-2)5-7-16(10)8-6-12-3-4-13(14)17-12/h3-4,10-11,15H,5-9H2,1-2H3. The van der Waals surface area contributed by atoms with Gasteiger partial charge in [0.15, 0.2) is 0 Å². The predicted molar refractivity (Wildman–Crippen MR) is 76.1 cm³/mol. The number of hydrogen-bond acceptors (Lipinski definition) is 3. The van der Waals surface area contributed by atoms with Gasteiger partial charge in [-0.05, 0) is 51.9 Å². The molecule has 1 aromatic heterocycles. The van der Waals surface area contributed by atoms with Gasteiger partial charge in [0, 0.05) is 23.5 Å². The zero-order valence-electron chi connectivity index (χ0n) is 10.6. The van der Waals surface area contributed by atoms with E-state index in [1.54, 1.807) is 11.3 Å². The number of nitrogens with one attached hydrogen (secondary N) is 1. The Labute approximate surface area is 113 Å². The molecule has 4 heteroatoms. The molecule has 0 radical (unpaired) electrons. The van der Waals surface area contributed by atoms with Crippen LogP contribution in [0.5, 0.6) is 0 Å². The molecule has 1 aliphatic rings. The minimum atomic E-state index is 0.691. The van der Waals surface area contributed by atoms with Crippen molar-refractivity contribution in [3.8, 4) is 0 Å². The Morgan fingerprint density at radius 1 is 1.53 bits per heavy atom. The van der Waals surface area contributed by atoms with Gasteiger partial charge in [0.25, 0.3) is 0 Å². The van der Waals surface area contributed by atoms with Crippen LogP contribution < -0.4 is 5.32 Å². The fraction of sp³-hybridized carbons (Fsp3) is 0.692. The van der Waals surface area contributed by atoms with Crippen molar-refractivity contribution in [2.45, 2.75) is 38.3 Å². The SMILES string of the molecule is CNC1CCN(CCc2ccc(Cl)s2)C(C)C1. The summed E-state index contributed by atoms with van der Waals surface area (Å²) in [5.74, 6) is 0. The molecule has 0 aromatic carbocycles. The molecular formula is C13H21ClN2S. The van der Waals surface area contributed by atoms with Crippen LogP contribution in [0.25, 0.3) is 0 Å². The molecule has 1 aromatic rings. The Balaban J connectivity index is 1.80. The van der Waals surface area contributed by atoms with Gasteiger partial charge in [-0.3, -0.25) is 0 Å². The average Bonchev–Trinajstić information content (AvgIpc) is 2.73. The summed E-state index contributed by atoms with van der Waals surface area (Å²) in [6.45, 7) is 4.71. The molecule has 0 bridgehead atoms. The lowest BCUT2D eigenvalue weighted by atomic mass is 9.98. The van der Waals surface area contributed by atoms with Crippen molar-refractivity contribution in [2.24, 2.45) is 0 Å². The minimum absolute atomic E-state index is 0.691. The first-order chi connectivity index (χ1) is 8.19. The largest absolute Gasteiger partial charge is 0.317 e. The third-order valence-corrected chi connectivity index (χ3v) is 4.99. The van der Waals surface area contributed by atoms with Crippen LogP contribution in [0.4, 0.5) is 0 Å². The van der Waals surface area contributed by atoms with Crippen LogP contribution in [0.15, 0.2) is 12.1 Å². The first-order valence-corrected chi connectivity index (χ1v) is 7.54. The zero-order chi connectivity index (χ0) is 12.3. The molecule has 96 valence electrons. The summed E-state index contributed by atoms with van der Waals surface area (Å²) in [6, 6.07) is 5.55. The van der Waals surface area contributed by atoms with Crippen LogP contribution in [-0.2, 0) is 6.42 Å². The fourth-order valence-electron chi connectivity index (χ4n) is 2.56. The molecule has 2 heterocycles. The minimum Gasteiger partial charge on any atom is -0.317 e. The van der Waals surface area contributed by atoms with Gasteiger partial charge >= 0.3 is 0 Å². The van der Waals surface area contributed by atoms with Gasteiger partial charge in [0.2, 0.25) is 0 Å². The molecular weight excluding hydrogens is 252 g/mol. The molecule has 2 rings (SSSR count).